The summed E-state index contributed by atoms with van der Waals surface area (Å²) in [5, 5.41) is 14.9. The van der Waals surface area contributed by atoms with E-state index in [-0.39, 0.29) is 12.0 Å². The monoisotopic (exact) mass is 503 g/mol. The molecule has 1 fully saturated rings. The molecule has 1 aliphatic rings. The summed E-state index contributed by atoms with van der Waals surface area (Å²) in [6.07, 6.45) is 2.07. The molecule has 1 aliphatic heterocycles. The van der Waals surface area contributed by atoms with Crippen LogP contribution in [0.2, 0.25) is 6.82 Å². The molecule has 1 unspecified atom stereocenters. The average molecular weight is 503 g/mol. The molecule has 5 rings (SSSR count). The van der Waals surface area contributed by atoms with E-state index >= 15 is 0 Å². The van der Waals surface area contributed by atoms with Gasteiger partial charge in [-0.1, -0.05) is 12.1 Å². The van der Waals surface area contributed by atoms with E-state index in [2.05, 4.69) is 5.32 Å². The van der Waals surface area contributed by atoms with E-state index in [1.54, 1.807) is 18.2 Å². The van der Waals surface area contributed by atoms with E-state index in [1.807, 2.05) is 82.5 Å². The minimum Gasteiger partial charge on any atom is -0.489 e. The topological polar surface area (TPSA) is 76.0 Å². The van der Waals surface area contributed by atoms with Gasteiger partial charge in [-0.2, -0.15) is 0 Å². The molecule has 1 saturated heterocycles. The van der Waals surface area contributed by atoms with E-state index in [9.17, 15) is 9.82 Å². The molecule has 2 aromatic carbocycles. The first-order valence-electron chi connectivity index (χ1n) is 12.2. The van der Waals surface area contributed by atoms with Gasteiger partial charge in [0.05, 0.1) is 10.2 Å². The molecule has 7 nitrogen and oxygen atoms in total. The number of benzene rings is 2. The van der Waals surface area contributed by atoms with Crippen LogP contribution in [0, 0.1) is 0 Å². The Morgan fingerprint density at radius 3 is 2.75 bits per heavy atom. The van der Waals surface area contributed by atoms with Crippen molar-refractivity contribution in [1.82, 2.24) is 9.38 Å². The molecule has 0 aliphatic carbocycles. The van der Waals surface area contributed by atoms with Crippen LogP contribution < -0.4 is 14.8 Å². The van der Waals surface area contributed by atoms with Crippen molar-refractivity contribution in [2.45, 2.75) is 32.4 Å². The molecule has 0 spiro atoms. The molecular formula is C27H30BN3O4S. The summed E-state index contributed by atoms with van der Waals surface area (Å²) in [5.41, 5.74) is 3.38. The Hall–Kier alpha value is -3.27. The summed E-state index contributed by atoms with van der Waals surface area (Å²) in [6.45, 7) is 3.81. The lowest BCUT2D eigenvalue weighted by atomic mass is 9.82. The van der Waals surface area contributed by atoms with Crippen molar-refractivity contribution in [1.29, 1.82) is 0 Å². The fourth-order valence-corrected chi connectivity index (χ4v) is 5.43. The lowest BCUT2D eigenvalue weighted by Crippen LogP contribution is -2.47. The molecule has 0 radical (unpaired) electrons. The second-order valence-electron chi connectivity index (χ2n) is 9.18. The van der Waals surface area contributed by atoms with Crippen molar-refractivity contribution in [3.63, 3.8) is 0 Å². The van der Waals surface area contributed by atoms with Gasteiger partial charge in [-0.05, 0) is 85.7 Å². The number of hydrogen-bond donors (Lipinski definition) is 2. The number of aryl methyl sites for hydroxylation is 1. The van der Waals surface area contributed by atoms with Gasteiger partial charge in [-0.15, -0.1) is 11.3 Å². The van der Waals surface area contributed by atoms with E-state index in [0.717, 1.165) is 58.9 Å². The molecule has 4 aromatic rings. The van der Waals surface area contributed by atoms with Crippen LogP contribution in [-0.2, 0) is 13.7 Å². The zero-order valence-corrected chi connectivity index (χ0v) is 21.3. The minimum atomic E-state index is -0.450. The number of aromatic nitrogens is 1. The summed E-state index contributed by atoms with van der Waals surface area (Å²) in [7, 11) is 1.46. The number of ether oxygens (including phenoxy) is 2. The van der Waals surface area contributed by atoms with Gasteiger partial charge >= 0.3 is 7.05 Å². The molecule has 2 aromatic heterocycles. The third-order valence-corrected chi connectivity index (χ3v) is 7.40. The molecule has 2 N–H and O–H groups in total. The summed E-state index contributed by atoms with van der Waals surface area (Å²) in [5.74, 6) is 1.41. The highest BCUT2D eigenvalue weighted by Crippen LogP contribution is 2.26. The Kier molecular flexibility index (Phi) is 7.32. The molecule has 1 amide bonds. The van der Waals surface area contributed by atoms with Crippen molar-refractivity contribution in [2.75, 3.05) is 18.4 Å². The maximum absolute atomic E-state index is 12.8. The van der Waals surface area contributed by atoms with Crippen molar-refractivity contribution in [2.24, 2.45) is 7.05 Å². The Morgan fingerprint density at radius 1 is 1.17 bits per heavy atom. The fraction of sp³-hybridized carbons (Fsp3) is 0.296. The highest BCUT2D eigenvalue weighted by molar-refractivity contribution is 7.17. The lowest BCUT2D eigenvalue weighted by molar-refractivity contribution is 0.101. The van der Waals surface area contributed by atoms with Gasteiger partial charge in [0.15, 0.2) is 0 Å². The zero-order valence-electron chi connectivity index (χ0n) is 20.5. The van der Waals surface area contributed by atoms with Crippen LogP contribution in [0.4, 0.5) is 5.69 Å². The van der Waals surface area contributed by atoms with Crippen LogP contribution in [0.25, 0.3) is 10.2 Å². The Bertz CT molecular complexity index is 1330. The van der Waals surface area contributed by atoms with Crippen LogP contribution in [-0.4, -0.2) is 46.6 Å². The number of piperidine rings is 1. The number of hydrogen-bond acceptors (Lipinski definition) is 6. The molecule has 186 valence electrons. The Morgan fingerprint density at radius 2 is 1.97 bits per heavy atom. The maximum atomic E-state index is 12.8. The average Bonchev–Trinajstić information content (AvgIpc) is 3.47. The smallest absolute Gasteiger partial charge is 0.376 e. The molecule has 9 heteroatoms. The minimum absolute atomic E-state index is 0.0739. The Labute approximate surface area is 215 Å². The zero-order chi connectivity index (χ0) is 25.1. The first kappa shape index (κ1) is 24.4. The summed E-state index contributed by atoms with van der Waals surface area (Å²) >= 11 is 1.63. The highest BCUT2D eigenvalue weighted by atomic mass is 32.1. The summed E-state index contributed by atoms with van der Waals surface area (Å²) in [4.78, 5) is 14.9. The normalized spacial score (nSPS) is 16.1. The third kappa shape index (κ3) is 5.59. The quantitative estimate of drug-likeness (QED) is 0.330. The first-order chi connectivity index (χ1) is 17.5. The van der Waals surface area contributed by atoms with Gasteiger partial charge in [0, 0.05) is 19.3 Å². The number of nitrogens with one attached hydrogen (secondary N) is 1. The van der Waals surface area contributed by atoms with Gasteiger partial charge < -0.3 is 29.2 Å². The van der Waals surface area contributed by atoms with Crippen LogP contribution in [0.3, 0.4) is 0 Å². The van der Waals surface area contributed by atoms with Gasteiger partial charge in [0.1, 0.15) is 29.9 Å². The van der Waals surface area contributed by atoms with Crippen LogP contribution >= 0.6 is 11.3 Å². The molecule has 3 heterocycles. The number of thiophene rings is 1. The SMILES string of the molecule is CB(O)N1CCCC(Oc2ccc(OCc3cccc(NC(=O)c4cc5sccc5n4C)c3)cc2)C1. The maximum Gasteiger partial charge on any atom is 0.376 e. The van der Waals surface area contributed by atoms with E-state index < -0.39 is 7.05 Å². The van der Waals surface area contributed by atoms with Crippen LogP contribution in [0.5, 0.6) is 11.5 Å². The first-order valence-corrected chi connectivity index (χ1v) is 13.1. The number of amides is 1. The Balaban J connectivity index is 1.15. The van der Waals surface area contributed by atoms with Gasteiger partial charge in [0.25, 0.3) is 5.91 Å². The number of carbonyl (C=O) groups is 1. The molecule has 1 atom stereocenters. The second kappa shape index (κ2) is 10.8. The third-order valence-electron chi connectivity index (χ3n) is 6.55. The second-order valence-corrected chi connectivity index (χ2v) is 10.1. The predicted molar refractivity (Wildman–Crippen MR) is 145 cm³/mol. The van der Waals surface area contributed by atoms with Crippen molar-refractivity contribution in [3.05, 3.63) is 77.3 Å². The van der Waals surface area contributed by atoms with E-state index in [0.29, 0.717) is 12.3 Å². The van der Waals surface area contributed by atoms with Crippen molar-refractivity contribution < 1.29 is 19.3 Å². The van der Waals surface area contributed by atoms with Gasteiger partial charge in [-0.3, -0.25) is 4.79 Å². The van der Waals surface area contributed by atoms with Crippen LogP contribution in [0.1, 0.15) is 28.9 Å². The summed E-state index contributed by atoms with van der Waals surface area (Å²) in [6, 6.07) is 19.3. The predicted octanol–water partition coefficient (Wildman–Crippen LogP) is 5.02. The van der Waals surface area contributed by atoms with Crippen molar-refractivity contribution >= 4 is 40.2 Å². The molecule has 0 bridgehead atoms. The molecule has 36 heavy (non-hydrogen) atoms. The fourth-order valence-electron chi connectivity index (χ4n) is 4.58. The summed E-state index contributed by atoms with van der Waals surface area (Å²) < 4.78 is 15.1. The largest absolute Gasteiger partial charge is 0.489 e. The van der Waals surface area contributed by atoms with Crippen LogP contribution in [0.15, 0.2) is 66.0 Å². The number of nitrogens with zero attached hydrogens (tertiary/aromatic N) is 2. The molecular weight excluding hydrogens is 473 g/mol. The number of fused-ring (bicyclic) bond motifs is 1. The number of carbonyl (C=O) groups excluding carboxylic acids is 1. The van der Waals surface area contributed by atoms with E-state index in [4.69, 9.17) is 9.47 Å². The van der Waals surface area contributed by atoms with Gasteiger partial charge in [0.2, 0.25) is 0 Å². The molecule has 0 saturated carbocycles. The number of anilines is 1. The van der Waals surface area contributed by atoms with Gasteiger partial charge in [-0.25, -0.2) is 0 Å². The van der Waals surface area contributed by atoms with Crippen molar-refractivity contribution in [3.8, 4) is 11.5 Å². The number of rotatable bonds is 8. The van der Waals surface area contributed by atoms with E-state index in [1.165, 1.54) is 0 Å². The lowest BCUT2D eigenvalue weighted by Gasteiger charge is -2.33. The standard InChI is InChI=1S/C27H30BN3O4S/c1-28(33)31-13-4-7-23(17-31)35-22-10-8-21(9-11-22)34-18-19-5-3-6-20(15-19)29-27(32)25-16-26-24(30(25)2)12-14-36-26/h3,5-6,8-12,14-16,23,33H,4,7,13,17-18H2,1-2H3,(H,29,32). The highest BCUT2D eigenvalue weighted by Gasteiger charge is 2.26.